The van der Waals surface area contributed by atoms with E-state index in [2.05, 4.69) is 45.3 Å². The van der Waals surface area contributed by atoms with Crippen molar-refractivity contribution in [2.24, 2.45) is 5.41 Å². The van der Waals surface area contributed by atoms with Crippen LogP contribution in [0.25, 0.3) is 0 Å². The van der Waals surface area contributed by atoms with Crippen molar-refractivity contribution in [3.05, 3.63) is 0 Å². The van der Waals surface area contributed by atoms with E-state index in [1.165, 1.54) is 6.42 Å². The summed E-state index contributed by atoms with van der Waals surface area (Å²) in [4.78, 5) is 22.7. The quantitative estimate of drug-likeness (QED) is 0.367. The summed E-state index contributed by atoms with van der Waals surface area (Å²) in [7, 11) is 0. The number of ether oxygens (including phenoxy) is 4. The Hall–Kier alpha value is -1.38. The van der Waals surface area contributed by atoms with E-state index in [0.717, 1.165) is 6.42 Å². The minimum atomic E-state index is -0.435. The second-order valence-electron chi connectivity index (χ2n) is 7.24. The molecule has 2 N–H and O–H groups in total. The molecule has 0 fully saturated rings. The van der Waals surface area contributed by atoms with Crippen LogP contribution in [0.4, 0.5) is 4.79 Å². The summed E-state index contributed by atoms with van der Waals surface area (Å²) >= 11 is 0. The molecular formula is C21H48N2O6. The fourth-order valence-electron chi connectivity index (χ4n) is 1.83. The molecule has 8 heteroatoms. The van der Waals surface area contributed by atoms with E-state index in [1.54, 1.807) is 6.92 Å². The summed E-state index contributed by atoms with van der Waals surface area (Å²) in [5, 5.41) is 5.42. The zero-order chi connectivity index (χ0) is 22.4. The first-order valence-electron chi connectivity index (χ1n) is 10.7. The smallest absolute Gasteiger partial charge is 0.407 e. The van der Waals surface area contributed by atoms with Gasteiger partial charge in [-0.3, -0.25) is 4.79 Å². The van der Waals surface area contributed by atoms with E-state index in [0.29, 0.717) is 65.8 Å². The van der Waals surface area contributed by atoms with E-state index in [4.69, 9.17) is 18.9 Å². The predicted molar refractivity (Wildman–Crippen MR) is 119 cm³/mol. The highest BCUT2D eigenvalue weighted by Gasteiger charge is 2.19. The summed E-state index contributed by atoms with van der Waals surface area (Å²) < 4.78 is 20.8. The number of hydrogen-bond donors (Lipinski definition) is 2. The van der Waals surface area contributed by atoms with Gasteiger partial charge in [0, 0.05) is 22.4 Å². The lowest BCUT2D eigenvalue weighted by Gasteiger charge is -2.21. The van der Waals surface area contributed by atoms with Crippen LogP contribution >= 0.6 is 0 Å². The standard InChI is InChI=1S/C18H36N2O6.C3H8.2H2/c1-5-18(3,4)15-16(21)19-7-9-23-11-13-25-14-12-24-10-8-20-17(22)26-6-2;1-3-2;;/h5-15H2,1-4H3,(H,19,21)(H,20,22);3H2,1-2H3;2*1H. The van der Waals surface area contributed by atoms with E-state index in [1.807, 2.05) is 0 Å². The van der Waals surface area contributed by atoms with Crippen LogP contribution in [0.5, 0.6) is 0 Å². The first-order chi connectivity index (χ1) is 13.8. The molecule has 0 saturated heterocycles. The molecule has 0 aliphatic carbocycles. The highest BCUT2D eigenvalue weighted by Crippen LogP contribution is 2.23. The lowest BCUT2D eigenvalue weighted by molar-refractivity contribution is -0.123. The van der Waals surface area contributed by atoms with Crippen molar-refractivity contribution in [3.8, 4) is 0 Å². The molecule has 0 atom stereocenters. The zero-order valence-corrected chi connectivity index (χ0v) is 19.4. The van der Waals surface area contributed by atoms with Gasteiger partial charge in [0.15, 0.2) is 0 Å². The maximum atomic E-state index is 11.7. The van der Waals surface area contributed by atoms with Crippen molar-refractivity contribution < 1.29 is 31.4 Å². The Labute approximate surface area is 180 Å². The minimum absolute atomic E-state index is 0. The Morgan fingerprint density at radius 2 is 1.24 bits per heavy atom. The van der Waals surface area contributed by atoms with Crippen LogP contribution in [0.2, 0.25) is 0 Å². The van der Waals surface area contributed by atoms with Gasteiger partial charge in [-0.15, -0.1) is 0 Å². The number of carbonyl (C=O) groups excluding carboxylic acids is 2. The first kappa shape index (κ1) is 29.8. The monoisotopic (exact) mass is 424 g/mol. The van der Waals surface area contributed by atoms with Gasteiger partial charge in [0.05, 0.1) is 46.2 Å². The third kappa shape index (κ3) is 24.6. The van der Waals surface area contributed by atoms with Gasteiger partial charge in [0.25, 0.3) is 0 Å². The molecule has 0 bridgehead atoms. The van der Waals surface area contributed by atoms with Crippen molar-refractivity contribution in [2.75, 3.05) is 59.3 Å². The molecule has 178 valence electrons. The molecule has 0 spiro atoms. The van der Waals surface area contributed by atoms with Crippen LogP contribution in [0.15, 0.2) is 0 Å². The Morgan fingerprint density at radius 3 is 1.69 bits per heavy atom. The topological polar surface area (TPSA) is 95.1 Å². The van der Waals surface area contributed by atoms with Gasteiger partial charge in [-0.2, -0.15) is 0 Å². The van der Waals surface area contributed by atoms with E-state index >= 15 is 0 Å². The highest BCUT2D eigenvalue weighted by atomic mass is 16.6. The van der Waals surface area contributed by atoms with Gasteiger partial charge in [0.1, 0.15) is 0 Å². The molecule has 0 aliphatic heterocycles. The number of carbonyl (C=O) groups is 2. The lowest BCUT2D eigenvalue weighted by Crippen LogP contribution is -2.31. The van der Waals surface area contributed by atoms with Gasteiger partial charge < -0.3 is 29.6 Å². The van der Waals surface area contributed by atoms with Crippen LogP contribution < -0.4 is 10.6 Å². The molecule has 0 aromatic rings. The molecular weight excluding hydrogens is 376 g/mol. The fraction of sp³-hybridized carbons (Fsp3) is 0.905. The Balaban J connectivity index is -0.000000685. The zero-order valence-electron chi connectivity index (χ0n) is 19.4. The number of hydrogen-bond acceptors (Lipinski definition) is 6. The number of rotatable bonds is 16. The van der Waals surface area contributed by atoms with E-state index < -0.39 is 6.09 Å². The maximum Gasteiger partial charge on any atom is 0.407 e. The third-order valence-corrected chi connectivity index (χ3v) is 3.70. The number of nitrogens with one attached hydrogen (secondary N) is 2. The Kier molecular flexibility index (Phi) is 21.9. The van der Waals surface area contributed by atoms with Gasteiger partial charge in [-0.25, -0.2) is 4.79 Å². The maximum absolute atomic E-state index is 11.7. The molecule has 0 aliphatic rings. The molecule has 0 saturated carbocycles. The van der Waals surface area contributed by atoms with Crippen LogP contribution in [-0.4, -0.2) is 71.3 Å². The van der Waals surface area contributed by atoms with Crippen molar-refractivity contribution >= 4 is 12.0 Å². The lowest BCUT2D eigenvalue weighted by atomic mass is 9.86. The summed E-state index contributed by atoms with van der Waals surface area (Å²) in [5.41, 5.74) is 0.0374. The second kappa shape index (κ2) is 21.3. The summed E-state index contributed by atoms with van der Waals surface area (Å²) in [6.07, 6.45) is 2.32. The van der Waals surface area contributed by atoms with Crippen LogP contribution in [0.1, 0.15) is 63.7 Å². The predicted octanol–water partition coefficient (Wildman–Crippen LogP) is 3.63. The molecule has 0 heterocycles. The van der Waals surface area contributed by atoms with Gasteiger partial charge in [-0.05, 0) is 12.3 Å². The molecule has 0 aromatic heterocycles. The summed E-state index contributed by atoms with van der Waals surface area (Å²) in [6.45, 7) is 16.3. The average Bonchev–Trinajstić information content (AvgIpc) is 2.66. The highest BCUT2D eigenvalue weighted by molar-refractivity contribution is 5.76. The van der Waals surface area contributed by atoms with Crippen molar-refractivity contribution in [3.63, 3.8) is 0 Å². The molecule has 2 amide bonds. The molecule has 0 rings (SSSR count). The SMILES string of the molecule is CCC.CCOC(=O)NCCOCCOCCOCCNC(=O)CC(C)(C)CC.[HH].[HH]. The minimum Gasteiger partial charge on any atom is -0.450 e. The molecule has 8 nitrogen and oxygen atoms in total. The summed E-state index contributed by atoms with van der Waals surface area (Å²) in [5.74, 6) is 0.0614. The average molecular weight is 425 g/mol. The third-order valence-electron chi connectivity index (χ3n) is 3.70. The van der Waals surface area contributed by atoms with E-state index in [-0.39, 0.29) is 14.2 Å². The Bertz CT molecular complexity index is 402. The van der Waals surface area contributed by atoms with Crippen molar-refractivity contribution in [2.45, 2.75) is 60.8 Å². The van der Waals surface area contributed by atoms with Gasteiger partial charge in [0.2, 0.25) is 5.91 Å². The van der Waals surface area contributed by atoms with Crippen LogP contribution in [-0.2, 0) is 23.7 Å². The van der Waals surface area contributed by atoms with E-state index in [9.17, 15) is 9.59 Å². The molecule has 0 unspecified atom stereocenters. The van der Waals surface area contributed by atoms with Gasteiger partial charge >= 0.3 is 6.09 Å². The first-order valence-corrected chi connectivity index (χ1v) is 10.7. The van der Waals surface area contributed by atoms with Crippen LogP contribution in [0, 0.1) is 5.41 Å². The number of alkyl carbamates (subject to hydrolysis) is 1. The number of amides is 2. The molecule has 0 aromatic carbocycles. The normalized spacial score (nSPS) is 10.7. The summed E-state index contributed by atoms with van der Waals surface area (Å²) in [6, 6.07) is 0. The Morgan fingerprint density at radius 1 is 0.793 bits per heavy atom. The fourth-order valence-corrected chi connectivity index (χ4v) is 1.83. The largest absolute Gasteiger partial charge is 0.450 e. The second-order valence-corrected chi connectivity index (χ2v) is 7.24. The van der Waals surface area contributed by atoms with Crippen molar-refractivity contribution in [1.82, 2.24) is 10.6 Å². The van der Waals surface area contributed by atoms with Crippen molar-refractivity contribution in [1.29, 1.82) is 0 Å². The van der Waals surface area contributed by atoms with Gasteiger partial charge in [-0.1, -0.05) is 47.5 Å². The molecule has 29 heavy (non-hydrogen) atoms. The van der Waals surface area contributed by atoms with Crippen LogP contribution in [0.3, 0.4) is 0 Å². The molecule has 0 radical (unpaired) electrons.